The highest BCUT2D eigenvalue weighted by Crippen LogP contribution is 2.16. The average Bonchev–Trinajstić information content (AvgIpc) is 2.92. The molecule has 20 heavy (non-hydrogen) atoms. The quantitative estimate of drug-likeness (QED) is 0.817. The zero-order valence-electron chi connectivity index (χ0n) is 11.7. The number of primary sulfonamides is 1. The van der Waals surface area contributed by atoms with Crippen molar-refractivity contribution >= 4 is 10.0 Å². The van der Waals surface area contributed by atoms with Crippen molar-refractivity contribution in [3.63, 3.8) is 0 Å². The van der Waals surface area contributed by atoms with Crippen molar-refractivity contribution in [2.45, 2.75) is 30.7 Å². The van der Waals surface area contributed by atoms with Gasteiger partial charge in [-0.1, -0.05) is 12.1 Å². The van der Waals surface area contributed by atoms with E-state index in [0.29, 0.717) is 12.0 Å². The first-order valence-electron chi connectivity index (χ1n) is 6.89. The summed E-state index contributed by atoms with van der Waals surface area (Å²) >= 11 is 0. The molecule has 1 aliphatic rings. The third-order valence-electron chi connectivity index (χ3n) is 3.80. The molecule has 5 nitrogen and oxygen atoms in total. The van der Waals surface area contributed by atoms with Crippen LogP contribution in [0, 0.1) is 5.92 Å². The summed E-state index contributed by atoms with van der Waals surface area (Å²) in [6.07, 6.45) is 1.99. The van der Waals surface area contributed by atoms with E-state index in [0.717, 1.165) is 38.2 Å². The van der Waals surface area contributed by atoms with E-state index in [-0.39, 0.29) is 4.90 Å². The zero-order chi connectivity index (χ0) is 14.6. The maximum Gasteiger partial charge on any atom is 0.238 e. The molecule has 0 aromatic heterocycles. The predicted octanol–water partition coefficient (Wildman–Crippen LogP) is 0.891. The second-order valence-corrected chi connectivity index (χ2v) is 6.87. The Bertz CT molecular complexity index is 522. The zero-order valence-corrected chi connectivity index (χ0v) is 12.5. The van der Waals surface area contributed by atoms with Crippen molar-refractivity contribution in [1.29, 1.82) is 0 Å². The Morgan fingerprint density at radius 3 is 2.65 bits per heavy atom. The van der Waals surface area contributed by atoms with Crippen LogP contribution < -0.4 is 10.5 Å². The first-order chi connectivity index (χ1) is 9.47. The van der Waals surface area contributed by atoms with E-state index in [2.05, 4.69) is 12.2 Å². The van der Waals surface area contributed by atoms with Gasteiger partial charge in [-0.3, -0.25) is 0 Å². The Balaban J connectivity index is 1.79. The van der Waals surface area contributed by atoms with Crippen molar-refractivity contribution in [3.8, 4) is 0 Å². The van der Waals surface area contributed by atoms with E-state index in [9.17, 15) is 8.42 Å². The number of rotatable bonds is 6. The van der Waals surface area contributed by atoms with Gasteiger partial charge in [-0.25, -0.2) is 13.6 Å². The number of hydrogen-bond acceptors (Lipinski definition) is 4. The Morgan fingerprint density at radius 1 is 1.40 bits per heavy atom. The van der Waals surface area contributed by atoms with Gasteiger partial charge in [0.1, 0.15) is 0 Å². The van der Waals surface area contributed by atoms with Crippen molar-refractivity contribution in [3.05, 3.63) is 29.8 Å². The lowest BCUT2D eigenvalue weighted by atomic mass is 10.0. The third-order valence-corrected chi connectivity index (χ3v) is 4.73. The lowest BCUT2D eigenvalue weighted by Gasteiger charge is -2.19. The van der Waals surface area contributed by atoms with E-state index in [4.69, 9.17) is 9.88 Å². The predicted molar refractivity (Wildman–Crippen MR) is 77.9 cm³/mol. The molecule has 2 atom stereocenters. The van der Waals surface area contributed by atoms with Gasteiger partial charge in [-0.15, -0.1) is 0 Å². The highest BCUT2D eigenvalue weighted by molar-refractivity contribution is 7.89. The summed E-state index contributed by atoms with van der Waals surface area (Å²) in [6.45, 7) is 4.76. The number of nitrogens with two attached hydrogens (primary N) is 1. The van der Waals surface area contributed by atoms with Gasteiger partial charge >= 0.3 is 0 Å². The van der Waals surface area contributed by atoms with Gasteiger partial charge in [0.05, 0.1) is 11.5 Å². The van der Waals surface area contributed by atoms with Gasteiger partial charge in [0.25, 0.3) is 0 Å². The van der Waals surface area contributed by atoms with Gasteiger partial charge in [0.15, 0.2) is 0 Å². The van der Waals surface area contributed by atoms with Gasteiger partial charge in [-0.2, -0.15) is 0 Å². The van der Waals surface area contributed by atoms with Crippen molar-refractivity contribution in [2.24, 2.45) is 11.1 Å². The van der Waals surface area contributed by atoms with E-state index in [1.54, 1.807) is 12.1 Å². The van der Waals surface area contributed by atoms with Crippen LogP contribution in [0.2, 0.25) is 0 Å². The fourth-order valence-corrected chi connectivity index (χ4v) is 2.92. The summed E-state index contributed by atoms with van der Waals surface area (Å²) in [5.41, 5.74) is 1.10. The van der Waals surface area contributed by atoms with Crippen molar-refractivity contribution < 1.29 is 13.2 Å². The highest BCUT2D eigenvalue weighted by Gasteiger charge is 2.21. The number of benzene rings is 1. The molecular weight excluding hydrogens is 276 g/mol. The molecule has 6 heteroatoms. The van der Waals surface area contributed by atoms with E-state index in [1.807, 2.05) is 12.1 Å². The first-order valence-corrected chi connectivity index (χ1v) is 8.44. The highest BCUT2D eigenvalue weighted by atomic mass is 32.2. The van der Waals surface area contributed by atoms with Crippen LogP contribution in [0.5, 0.6) is 0 Å². The van der Waals surface area contributed by atoms with Gasteiger partial charge < -0.3 is 10.1 Å². The molecule has 0 radical (unpaired) electrons. The van der Waals surface area contributed by atoms with Gasteiger partial charge in [-0.05, 0) is 49.9 Å². The second-order valence-electron chi connectivity index (χ2n) is 5.31. The van der Waals surface area contributed by atoms with Crippen LogP contribution >= 0.6 is 0 Å². The van der Waals surface area contributed by atoms with Crippen molar-refractivity contribution in [1.82, 2.24) is 5.32 Å². The summed E-state index contributed by atoms with van der Waals surface area (Å²) in [4.78, 5) is 0.158. The monoisotopic (exact) mass is 298 g/mol. The van der Waals surface area contributed by atoms with Gasteiger partial charge in [0.2, 0.25) is 10.0 Å². The molecule has 0 spiro atoms. The molecule has 1 aliphatic heterocycles. The van der Waals surface area contributed by atoms with Crippen LogP contribution in [0.3, 0.4) is 0 Å². The fourth-order valence-electron chi connectivity index (χ4n) is 2.40. The molecule has 2 unspecified atom stereocenters. The second kappa shape index (κ2) is 6.67. The Labute approximate surface area is 120 Å². The fraction of sp³-hybridized carbons (Fsp3) is 0.571. The van der Waals surface area contributed by atoms with E-state index in [1.165, 1.54) is 0 Å². The summed E-state index contributed by atoms with van der Waals surface area (Å²) < 4.78 is 27.7. The van der Waals surface area contributed by atoms with Crippen LogP contribution in [0.25, 0.3) is 0 Å². The molecule has 0 amide bonds. The minimum absolute atomic E-state index is 0.158. The molecule has 112 valence electrons. The molecule has 1 aromatic rings. The number of nitrogens with one attached hydrogen (secondary N) is 1. The number of ether oxygens (including phenoxy) is 1. The maximum atomic E-state index is 11.1. The Kier molecular flexibility index (Phi) is 5.15. The normalized spacial score (nSPS) is 21.0. The van der Waals surface area contributed by atoms with Crippen LogP contribution in [0.15, 0.2) is 29.2 Å². The Morgan fingerprint density at radius 2 is 2.10 bits per heavy atom. The SMILES string of the molecule is CC(NCCc1ccc(S(N)(=O)=O)cc1)C1CCOC1. The maximum absolute atomic E-state index is 11.1. The summed E-state index contributed by atoms with van der Waals surface area (Å²) in [5.74, 6) is 0.597. The van der Waals surface area contributed by atoms with Crippen LogP contribution in [0.1, 0.15) is 18.9 Å². The summed E-state index contributed by atoms with van der Waals surface area (Å²) in [6, 6.07) is 7.18. The lowest BCUT2D eigenvalue weighted by Crippen LogP contribution is -2.35. The molecule has 0 saturated carbocycles. The molecule has 1 saturated heterocycles. The molecule has 3 N–H and O–H groups in total. The Hall–Kier alpha value is -0.950. The first kappa shape index (κ1) is 15.4. The van der Waals surface area contributed by atoms with E-state index < -0.39 is 10.0 Å². The molecule has 1 aromatic carbocycles. The average molecular weight is 298 g/mol. The molecule has 1 fully saturated rings. The van der Waals surface area contributed by atoms with Crippen molar-refractivity contribution in [2.75, 3.05) is 19.8 Å². The molecule has 2 rings (SSSR count). The lowest BCUT2D eigenvalue weighted by molar-refractivity contribution is 0.178. The largest absolute Gasteiger partial charge is 0.381 e. The number of sulfonamides is 1. The third kappa shape index (κ3) is 4.28. The number of hydrogen-bond donors (Lipinski definition) is 2. The smallest absolute Gasteiger partial charge is 0.238 e. The standard InChI is InChI=1S/C14H22N2O3S/c1-11(13-7-9-19-10-13)16-8-6-12-2-4-14(5-3-12)20(15,17)18/h2-5,11,13,16H,6-10H2,1H3,(H2,15,17,18). The molecule has 0 aliphatic carbocycles. The van der Waals surface area contributed by atoms with Crippen LogP contribution in [-0.4, -0.2) is 34.2 Å². The summed E-state index contributed by atoms with van der Waals surface area (Å²) in [5, 5.41) is 8.56. The molecule has 0 bridgehead atoms. The van der Waals surface area contributed by atoms with Crippen LogP contribution in [-0.2, 0) is 21.2 Å². The molecular formula is C14H22N2O3S. The van der Waals surface area contributed by atoms with Gasteiger partial charge in [0, 0.05) is 12.6 Å². The minimum atomic E-state index is -3.59. The van der Waals surface area contributed by atoms with Crippen LogP contribution in [0.4, 0.5) is 0 Å². The molecule has 1 heterocycles. The van der Waals surface area contributed by atoms with E-state index >= 15 is 0 Å². The summed E-state index contributed by atoms with van der Waals surface area (Å²) in [7, 11) is -3.59. The topological polar surface area (TPSA) is 81.4 Å². The minimum Gasteiger partial charge on any atom is -0.381 e.